The summed E-state index contributed by atoms with van der Waals surface area (Å²) in [4.78, 5) is 20.6. The molecule has 5 N–H and O–H groups in total. The fraction of sp³-hybridized carbons (Fsp3) is 0.300. The Kier molecular flexibility index (Phi) is 5.58. The molecule has 10 nitrogen and oxygen atoms in total. The highest BCUT2D eigenvalue weighted by molar-refractivity contribution is 7.89. The van der Waals surface area contributed by atoms with Crippen LogP contribution in [-0.2, 0) is 14.8 Å². The Morgan fingerprint density at radius 1 is 1.43 bits per heavy atom. The van der Waals surface area contributed by atoms with Gasteiger partial charge in [0.15, 0.2) is 0 Å². The fourth-order valence-electron chi connectivity index (χ4n) is 1.52. The van der Waals surface area contributed by atoms with Crippen molar-refractivity contribution in [1.29, 1.82) is 0 Å². The molecule has 1 amide bonds. The van der Waals surface area contributed by atoms with E-state index in [-0.39, 0.29) is 23.5 Å². The molecule has 0 unspecified atom stereocenters. The topological polar surface area (TPSA) is 165 Å². The van der Waals surface area contributed by atoms with Crippen molar-refractivity contribution < 1.29 is 23.3 Å². The number of hydrogen-bond donors (Lipinski definition) is 4. The molecule has 0 aliphatic rings. The normalized spacial score (nSPS) is 11.0. The van der Waals surface area contributed by atoms with Crippen LogP contribution in [0.4, 0.5) is 11.4 Å². The predicted molar refractivity (Wildman–Crippen MR) is 72.1 cm³/mol. The number of anilines is 1. The monoisotopic (exact) mass is 318 g/mol. The Bertz CT molecular complexity index is 645. The van der Waals surface area contributed by atoms with Crippen LogP contribution in [0, 0.1) is 10.1 Å². The van der Waals surface area contributed by atoms with E-state index in [9.17, 15) is 23.3 Å². The standard InChI is InChI=1S/C10H14N4O6S/c11-21(19,20)7-3-4-8(9(6-7)14(17)18)12-5-1-2-10(15)13-16/h3-4,6,12,16H,1-2,5H2,(H,13,15)(H2,11,19,20). The molecular formula is C10H14N4O6S. The summed E-state index contributed by atoms with van der Waals surface area (Å²) in [5.74, 6) is -0.573. The van der Waals surface area contributed by atoms with Gasteiger partial charge in [-0.2, -0.15) is 0 Å². The van der Waals surface area contributed by atoms with E-state index in [4.69, 9.17) is 10.3 Å². The Morgan fingerprint density at radius 2 is 2.10 bits per heavy atom. The SMILES string of the molecule is NS(=O)(=O)c1ccc(NCCCC(=O)NO)c([N+](=O)[O-])c1. The third kappa shape index (κ3) is 4.98. The van der Waals surface area contributed by atoms with Crippen LogP contribution in [0.5, 0.6) is 0 Å². The van der Waals surface area contributed by atoms with Crippen LogP contribution in [-0.4, -0.2) is 31.0 Å². The third-order valence-corrected chi connectivity index (χ3v) is 3.43. The van der Waals surface area contributed by atoms with E-state index in [2.05, 4.69) is 5.32 Å². The Labute approximate surface area is 120 Å². The van der Waals surface area contributed by atoms with Crippen molar-refractivity contribution in [3.63, 3.8) is 0 Å². The number of nitrogens with zero attached hydrogens (tertiary/aromatic N) is 1. The van der Waals surface area contributed by atoms with Gasteiger partial charge in [0, 0.05) is 19.0 Å². The first-order valence-corrected chi connectivity index (χ1v) is 7.28. The minimum atomic E-state index is -4.03. The van der Waals surface area contributed by atoms with E-state index in [0.29, 0.717) is 6.42 Å². The number of rotatable bonds is 7. The minimum Gasteiger partial charge on any atom is -0.379 e. The lowest BCUT2D eigenvalue weighted by Crippen LogP contribution is -2.19. The van der Waals surface area contributed by atoms with Gasteiger partial charge in [-0.1, -0.05) is 0 Å². The number of primary sulfonamides is 1. The zero-order valence-electron chi connectivity index (χ0n) is 10.8. The first-order chi connectivity index (χ1) is 9.75. The van der Waals surface area contributed by atoms with E-state index >= 15 is 0 Å². The molecular weight excluding hydrogens is 304 g/mol. The Hall–Kier alpha value is -2.24. The van der Waals surface area contributed by atoms with E-state index in [0.717, 1.165) is 12.1 Å². The number of nitro benzene ring substituents is 1. The quantitative estimate of drug-likeness (QED) is 0.236. The van der Waals surface area contributed by atoms with Crippen molar-refractivity contribution in [1.82, 2.24) is 5.48 Å². The Morgan fingerprint density at radius 3 is 2.62 bits per heavy atom. The molecule has 0 heterocycles. The zero-order valence-corrected chi connectivity index (χ0v) is 11.6. The van der Waals surface area contributed by atoms with Crippen molar-refractivity contribution in [2.45, 2.75) is 17.7 Å². The van der Waals surface area contributed by atoms with Crippen LogP contribution in [0.15, 0.2) is 23.1 Å². The summed E-state index contributed by atoms with van der Waals surface area (Å²) >= 11 is 0. The number of sulfonamides is 1. The first kappa shape index (κ1) is 16.8. The molecule has 0 saturated heterocycles. The second-order valence-corrected chi connectivity index (χ2v) is 5.61. The molecule has 0 saturated carbocycles. The number of amides is 1. The van der Waals surface area contributed by atoms with Crippen LogP contribution in [0.2, 0.25) is 0 Å². The number of nitro groups is 1. The summed E-state index contributed by atoms with van der Waals surface area (Å²) in [5.41, 5.74) is 1.13. The summed E-state index contributed by atoms with van der Waals surface area (Å²) in [6.45, 7) is 0.225. The van der Waals surface area contributed by atoms with E-state index in [1.54, 1.807) is 0 Å². The molecule has 0 spiro atoms. The molecule has 0 aliphatic carbocycles. The number of carbonyl (C=O) groups is 1. The summed E-state index contributed by atoms with van der Waals surface area (Å²) in [6, 6.07) is 3.23. The fourth-order valence-corrected chi connectivity index (χ4v) is 2.05. The molecule has 0 bridgehead atoms. The molecule has 1 rings (SSSR count). The maximum absolute atomic E-state index is 11.2. The largest absolute Gasteiger partial charge is 0.379 e. The van der Waals surface area contributed by atoms with Crippen LogP contribution < -0.4 is 15.9 Å². The summed E-state index contributed by atoms with van der Waals surface area (Å²) < 4.78 is 22.3. The number of benzene rings is 1. The van der Waals surface area contributed by atoms with E-state index in [1.807, 2.05) is 0 Å². The van der Waals surface area contributed by atoms with Crippen molar-refractivity contribution in [3.05, 3.63) is 28.3 Å². The number of hydroxylamine groups is 1. The summed E-state index contributed by atoms with van der Waals surface area (Å²) in [5, 5.41) is 26.8. The smallest absolute Gasteiger partial charge is 0.293 e. The van der Waals surface area contributed by atoms with Gasteiger partial charge in [-0.25, -0.2) is 19.0 Å². The van der Waals surface area contributed by atoms with Gasteiger partial charge in [-0.05, 0) is 18.6 Å². The highest BCUT2D eigenvalue weighted by Gasteiger charge is 2.18. The lowest BCUT2D eigenvalue weighted by molar-refractivity contribution is -0.384. The van der Waals surface area contributed by atoms with Gasteiger partial charge < -0.3 is 5.32 Å². The van der Waals surface area contributed by atoms with Crippen LogP contribution in [0.25, 0.3) is 0 Å². The second-order valence-electron chi connectivity index (χ2n) is 4.05. The lowest BCUT2D eigenvalue weighted by Gasteiger charge is -2.07. The van der Waals surface area contributed by atoms with Crippen molar-refractivity contribution >= 4 is 27.3 Å². The molecule has 1 aromatic carbocycles. The second kappa shape index (κ2) is 6.97. The highest BCUT2D eigenvalue weighted by atomic mass is 32.2. The van der Waals surface area contributed by atoms with Gasteiger partial charge in [-0.3, -0.25) is 20.1 Å². The van der Waals surface area contributed by atoms with Gasteiger partial charge in [0.05, 0.1) is 9.82 Å². The van der Waals surface area contributed by atoms with Crippen LogP contribution >= 0.6 is 0 Å². The zero-order chi connectivity index (χ0) is 16.0. The minimum absolute atomic E-state index is 0.0343. The Balaban J connectivity index is 2.83. The van der Waals surface area contributed by atoms with Crippen LogP contribution in [0.3, 0.4) is 0 Å². The maximum Gasteiger partial charge on any atom is 0.293 e. The van der Waals surface area contributed by atoms with Gasteiger partial charge in [-0.15, -0.1) is 0 Å². The molecule has 116 valence electrons. The molecule has 21 heavy (non-hydrogen) atoms. The number of nitrogens with two attached hydrogens (primary N) is 1. The molecule has 0 atom stereocenters. The van der Waals surface area contributed by atoms with E-state index < -0.39 is 26.5 Å². The summed E-state index contributed by atoms with van der Waals surface area (Å²) in [6.07, 6.45) is 0.354. The molecule has 0 radical (unpaired) electrons. The average molecular weight is 318 g/mol. The number of hydrogen-bond acceptors (Lipinski definition) is 7. The van der Waals surface area contributed by atoms with Crippen molar-refractivity contribution in [3.8, 4) is 0 Å². The first-order valence-electron chi connectivity index (χ1n) is 5.73. The van der Waals surface area contributed by atoms with Crippen molar-refractivity contribution in [2.24, 2.45) is 5.14 Å². The third-order valence-electron chi connectivity index (χ3n) is 2.52. The maximum atomic E-state index is 11.2. The summed E-state index contributed by atoms with van der Waals surface area (Å²) in [7, 11) is -4.03. The molecule has 0 aromatic heterocycles. The lowest BCUT2D eigenvalue weighted by atomic mass is 10.2. The number of nitrogens with one attached hydrogen (secondary N) is 2. The van der Waals surface area contributed by atoms with Gasteiger partial charge in [0.2, 0.25) is 15.9 Å². The predicted octanol–water partition coefficient (Wildman–Crippen LogP) is -0.0603. The van der Waals surface area contributed by atoms with E-state index in [1.165, 1.54) is 11.5 Å². The molecule has 1 aromatic rings. The van der Waals surface area contributed by atoms with Gasteiger partial charge in [0.25, 0.3) is 5.69 Å². The van der Waals surface area contributed by atoms with Gasteiger partial charge in [0.1, 0.15) is 5.69 Å². The van der Waals surface area contributed by atoms with Gasteiger partial charge >= 0.3 is 0 Å². The molecule has 0 aliphatic heterocycles. The molecule has 11 heteroatoms. The highest BCUT2D eigenvalue weighted by Crippen LogP contribution is 2.27. The molecule has 0 fully saturated rings. The van der Waals surface area contributed by atoms with Crippen molar-refractivity contribution in [2.75, 3.05) is 11.9 Å². The van der Waals surface area contributed by atoms with Crippen LogP contribution in [0.1, 0.15) is 12.8 Å². The average Bonchev–Trinajstić information content (AvgIpc) is 2.41. The number of carbonyl (C=O) groups excluding carboxylic acids is 1.